The lowest BCUT2D eigenvalue weighted by molar-refractivity contribution is 0.0692. The Balaban J connectivity index is 1.46. The number of carboxylic acids is 1. The monoisotopic (exact) mass is 460 g/mol. The smallest absolute Gasteiger partial charge is 0.341 e. The molecular formula is C23H25FN2O5S. The molecule has 0 aromatic heterocycles. The van der Waals surface area contributed by atoms with E-state index in [1.165, 1.54) is 18.2 Å². The Labute approximate surface area is 186 Å². The van der Waals surface area contributed by atoms with E-state index in [-0.39, 0.29) is 27.8 Å². The Morgan fingerprint density at radius 2 is 2.00 bits per heavy atom. The summed E-state index contributed by atoms with van der Waals surface area (Å²) in [5.41, 5.74) is 0.952. The third-order valence-electron chi connectivity index (χ3n) is 6.62. The number of hydrogen-bond acceptors (Lipinski definition) is 5. The predicted molar refractivity (Wildman–Crippen MR) is 116 cm³/mol. The van der Waals surface area contributed by atoms with Gasteiger partial charge in [-0.3, -0.25) is 4.72 Å². The second-order valence-electron chi connectivity index (χ2n) is 8.78. The summed E-state index contributed by atoms with van der Waals surface area (Å²) in [5.74, 6) is -0.842. The van der Waals surface area contributed by atoms with E-state index in [9.17, 15) is 22.7 Å². The third-order valence-corrected chi connectivity index (χ3v) is 8.08. The first-order valence-corrected chi connectivity index (χ1v) is 12.4. The summed E-state index contributed by atoms with van der Waals surface area (Å²) < 4.78 is 48.6. The van der Waals surface area contributed by atoms with Gasteiger partial charge in [0.15, 0.2) is 0 Å². The number of nitrogens with one attached hydrogen (secondary N) is 1. The fraction of sp³-hybridized carbons (Fsp3) is 0.435. The van der Waals surface area contributed by atoms with Crippen LogP contribution in [0.4, 0.5) is 10.1 Å². The van der Waals surface area contributed by atoms with E-state index >= 15 is 0 Å². The minimum atomic E-state index is -4.15. The molecule has 3 aliphatic rings. The van der Waals surface area contributed by atoms with Gasteiger partial charge in [0.2, 0.25) is 0 Å². The van der Waals surface area contributed by atoms with Crippen molar-refractivity contribution in [2.24, 2.45) is 5.92 Å². The largest absolute Gasteiger partial charge is 0.492 e. The molecular weight excluding hydrogens is 435 g/mol. The highest BCUT2D eigenvalue weighted by molar-refractivity contribution is 7.92. The van der Waals surface area contributed by atoms with Crippen LogP contribution in [0.15, 0.2) is 35.2 Å². The van der Waals surface area contributed by atoms with Gasteiger partial charge in [0.05, 0.1) is 17.2 Å². The van der Waals surface area contributed by atoms with Gasteiger partial charge in [-0.2, -0.15) is 0 Å². The van der Waals surface area contributed by atoms with Crippen LogP contribution in [0.25, 0.3) is 0 Å². The zero-order chi connectivity index (χ0) is 22.5. The number of halogens is 1. The summed E-state index contributed by atoms with van der Waals surface area (Å²) in [6, 6.07) is 6.81. The average Bonchev–Trinajstić information content (AvgIpc) is 3.36. The molecule has 0 radical (unpaired) electrons. The first kappa shape index (κ1) is 21.2. The zero-order valence-electron chi connectivity index (χ0n) is 17.5. The molecule has 32 heavy (non-hydrogen) atoms. The minimum absolute atomic E-state index is 0.0460. The maximum atomic E-state index is 13.9. The van der Waals surface area contributed by atoms with Crippen molar-refractivity contribution in [3.05, 3.63) is 52.8 Å². The maximum Gasteiger partial charge on any atom is 0.341 e. The Kier molecular flexibility index (Phi) is 5.33. The van der Waals surface area contributed by atoms with Gasteiger partial charge in [0.25, 0.3) is 10.0 Å². The number of hydrogen-bond donors (Lipinski definition) is 2. The second-order valence-corrected chi connectivity index (χ2v) is 10.4. The lowest BCUT2D eigenvalue weighted by atomic mass is 10.0. The number of ether oxygens (including phenoxy) is 1. The molecule has 2 atom stereocenters. The van der Waals surface area contributed by atoms with Crippen LogP contribution in [-0.2, 0) is 16.4 Å². The van der Waals surface area contributed by atoms with Crippen molar-refractivity contribution in [3.63, 3.8) is 0 Å². The first-order valence-electron chi connectivity index (χ1n) is 10.9. The standard InChI is InChI=1S/C23H25FN2O5S/c24-16-3-6-20(14(11-16)7-10-26-8-1-2-9-26)32(29,30)25-19-5-4-17-18-12-15(18)13-31-22(17)21(19)23(27)28/h3-6,11,15,18,25H,1-2,7-10,12-13H2,(H,27,28)/t15-,18-/m1/s1. The summed E-state index contributed by atoms with van der Waals surface area (Å²) >= 11 is 0. The maximum absolute atomic E-state index is 13.9. The normalized spacial score (nSPS) is 22.0. The van der Waals surface area contributed by atoms with Crippen LogP contribution in [0.1, 0.15) is 46.7 Å². The van der Waals surface area contributed by atoms with Crippen molar-refractivity contribution < 1.29 is 27.4 Å². The quantitative estimate of drug-likeness (QED) is 0.657. The third kappa shape index (κ3) is 3.95. The van der Waals surface area contributed by atoms with Gasteiger partial charge >= 0.3 is 5.97 Å². The van der Waals surface area contributed by atoms with E-state index in [1.807, 2.05) is 0 Å². The first-order chi connectivity index (χ1) is 15.3. The molecule has 5 rings (SSSR count). The molecule has 2 aromatic rings. The van der Waals surface area contributed by atoms with Crippen LogP contribution >= 0.6 is 0 Å². The lowest BCUT2D eigenvalue weighted by Gasteiger charge is -2.21. The van der Waals surface area contributed by atoms with Crippen LogP contribution in [0, 0.1) is 11.7 Å². The van der Waals surface area contributed by atoms with Crippen LogP contribution in [0.2, 0.25) is 0 Å². The molecule has 0 bridgehead atoms. The van der Waals surface area contributed by atoms with Gasteiger partial charge in [-0.1, -0.05) is 6.07 Å². The van der Waals surface area contributed by atoms with E-state index < -0.39 is 21.8 Å². The zero-order valence-corrected chi connectivity index (χ0v) is 18.3. The van der Waals surface area contributed by atoms with Crippen molar-refractivity contribution in [1.29, 1.82) is 0 Å². The van der Waals surface area contributed by atoms with Gasteiger partial charge < -0.3 is 14.7 Å². The number of aromatic carboxylic acids is 1. The number of likely N-dealkylation sites (tertiary alicyclic amines) is 1. The summed E-state index contributed by atoms with van der Waals surface area (Å²) in [5, 5.41) is 9.82. The van der Waals surface area contributed by atoms with Crippen LogP contribution in [0.3, 0.4) is 0 Å². The highest BCUT2D eigenvalue weighted by Crippen LogP contribution is 2.55. The van der Waals surface area contributed by atoms with E-state index in [0.717, 1.165) is 44.0 Å². The molecule has 2 aliphatic heterocycles. The highest BCUT2D eigenvalue weighted by atomic mass is 32.2. The van der Waals surface area contributed by atoms with Crippen LogP contribution < -0.4 is 9.46 Å². The van der Waals surface area contributed by atoms with Crippen molar-refractivity contribution in [2.75, 3.05) is 31.0 Å². The summed E-state index contributed by atoms with van der Waals surface area (Å²) in [6.07, 6.45) is 3.55. The van der Waals surface area contributed by atoms with Gasteiger partial charge in [-0.25, -0.2) is 17.6 Å². The SMILES string of the molecule is O=C(O)c1c(NS(=O)(=O)c2ccc(F)cc2CCN2CCCC2)ccc2c1OC[C@H]1C[C@@H]21. The highest BCUT2D eigenvalue weighted by Gasteiger charge is 2.45. The van der Waals surface area contributed by atoms with E-state index in [1.54, 1.807) is 6.07 Å². The average molecular weight is 461 g/mol. The molecule has 2 N–H and O–H groups in total. The topological polar surface area (TPSA) is 95.9 Å². The van der Waals surface area contributed by atoms with E-state index in [2.05, 4.69) is 9.62 Å². The molecule has 1 aliphatic carbocycles. The molecule has 9 heteroatoms. The van der Waals surface area contributed by atoms with Gasteiger partial charge in [0.1, 0.15) is 17.1 Å². The van der Waals surface area contributed by atoms with Crippen molar-refractivity contribution in [1.82, 2.24) is 4.90 Å². The molecule has 1 saturated carbocycles. The van der Waals surface area contributed by atoms with Gasteiger partial charge in [0, 0.05) is 12.5 Å². The molecule has 170 valence electrons. The second kappa shape index (κ2) is 8.04. The van der Waals surface area contributed by atoms with E-state index in [4.69, 9.17) is 4.74 Å². The molecule has 0 spiro atoms. The summed E-state index contributed by atoms with van der Waals surface area (Å²) in [6.45, 7) is 2.98. The summed E-state index contributed by atoms with van der Waals surface area (Å²) in [4.78, 5) is 14.2. The van der Waals surface area contributed by atoms with Crippen LogP contribution in [-0.4, -0.2) is 50.6 Å². The molecule has 0 unspecified atom stereocenters. The molecule has 2 aromatic carbocycles. The number of nitrogens with zero attached hydrogens (tertiary/aromatic N) is 1. The molecule has 1 saturated heterocycles. The number of anilines is 1. The number of benzene rings is 2. The van der Waals surface area contributed by atoms with Crippen molar-refractivity contribution >= 4 is 21.7 Å². The van der Waals surface area contributed by atoms with E-state index in [0.29, 0.717) is 31.1 Å². The summed E-state index contributed by atoms with van der Waals surface area (Å²) in [7, 11) is -4.15. The Bertz CT molecular complexity index is 1180. The van der Waals surface area contributed by atoms with Gasteiger partial charge in [-0.05, 0) is 80.1 Å². The van der Waals surface area contributed by atoms with Crippen molar-refractivity contribution in [2.45, 2.75) is 36.5 Å². The number of rotatable bonds is 7. The fourth-order valence-electron chi connectivity index (χ4n) is 4.84. The fourth-order valence-corrected chi connectivity index (χ4v) is 6.16. The molecule has 0 amide bonds. The Hall–Kier alpha value is -2.65. The van der Waals surface area contributed by atoms with Crippen LogP contribution in [0.5, 0.6) is 5.75 Å². The molecule has 2 heterocycles. The molecule has 7 nitrogen and oxygen atoms in total. The van der Waals surface area contributed by atoms with Crippen molar-refractivity contribution in [3.8, 4) is 5.75 Å². The Morgan fingerprint density at radius 3 is 2.75 bits per heavy atom. The number of sulfonamides is 1. The molecule has 2 fully saturated rings. The number of fused-ring (bicyclic) bond motifs is 3. The Morgan fingerprint density at radius 1 is 1.22 bits per heavy atom. The van der Waals surface area contributed by atoms with Gasteiger partial charge in [-0.15, -0.1) is 0 Å². The lowest BCUT2D eigenvalue weighted by Crippen LogP contribution is -2.24. The minimum Gasteiger partial charge on any atom is -0.492 e. The number of carbonyl (C=O) groups is 1. The number of carboxylic acid groups (broad SMARTS) is 1. The predicted octanol–water partition coefficient (Wildman–Crippen LogP) is 3.46.